The van der Waals surface area contributed by atoms with E-state index in [2.05, 4.69) is 10.1 Å². The van der Waals surface area contributed by atoms with Gasteiger partial charge in [-0.3, -0.25) is 4.79 Å². The molecule has 0 bridgehead atoms. The molecule has 0 saturated carbocycles. The number of carbonyl (C=O) groups is 3. The van der Waals surface area contributed by atoms with Crippen molar-refractivity contribution in [1.82, 2.24) is 4.31 Å². The van der Waals surface area contributed by atoms with Crippen LogP contribution in [-0.4, -0.2) is 57.4 Å². The zero-order valence-electron chi connectivity index (χ0n) is 18.5. The minimum Gasteiger partial charge on any atom is -0.465 e. The molecule has 0 radical (unpaired) electrons. The molecule has 3 rings (SSSR count). The highest BCUT2D eigenvalue weighted by atomic mass is 32.2. The van der Waals surface area contributed by atoms with Crippen LogP contribution in [0.3, 0.4) is 0 Å². The molecule has 1 saturated heterocycles. The van der Waals surface area contributed by atoms with Crippen LogP contribution in [0.15, 0.2) is 47.4 Å². The fraction of sp³-hybridized carbons (Fsp3) is 0.348. The van der Waals surface area contributed by atoms with Crippen molar-refractivity contribution in [2.75, 3.05) is 32.1 Å². The third-order valence-electron chi connectivity index (χ3n) is 5.32. The van der Waals surface area contributed by atoms with Gasteiger partial charge >= 0.3 is 11.9 Å². The number of esters is 2. The molecule has 0 spiro atoms. The van der Waals surface area contributed by atoms with Crippen LogP contribution >= 0.6 is 0 Å². The highest BCUT2D eigenvalue weighted by Gasteiger charge is 2.27. The van der Waals surface area contributed by atoms with Crippen molar-refractivity contribution in [3.8, 4) is 0 Å². The lowest BCUT2D eigenvalue weighted by Crippen LogP contribution is -2.35. The van der Waals surface area contributed by atoms with Crippen molar-refractivity contribution in [1.29, 1.82) is 0 Å². The van der Waals surface area contributed by atoms with E-state index < -0.39 is 34.5 Å². The predicted octanol–water partition coefficient (Wildman–Crippen LogP) is 2.75. The van der Waals surface area contributed by atoms with Crippen molar-refractivity contribution in [2.45, 2.75) is 31.1 Å². The van der Waals surface area contributed by atoms with Gasteiger partial charge in [0.15, 0.2) is 6.61 Å². The molecule has 10 heteroatoms. The molecule has 1 amide bonds. The molecule has 2 aromatic carbocycles. The summed E-state index contributed by atoms with van der Waals surface area (Å²) < 4.78 is 37.1. The Morgan fingerprint density at radius 3 is 2.36 bits per heavy atom. The van der Waals surface area contributed by atoms with Crippen LogP contribution in [0.5, 0.6) is 0 Å². The van der Waals surface area contributed by atoms with E-state index in [1.165, 1.54) is 35.7 Å². The number of benzene rings is 2. The second-order valence-electron chi connectivity index (χ2n) is 7.60. The number of aryl methyl sites for hydroxylation is 1. The number of hydrogen-bond acceptors (Lipinski definition) is 7. The molecule has 2 aromatic rings. The molecule has 1 N–H and O–H groups in total. The molecule has 176 valence electrons. The molecule has 1 fully saturated rings. The highest BCUT2D eigenvalue weighted by molar-refractivity contribution is 7.89. The van der Waals surface area contributed by atoms with E-state index in [4.69, 9.17) is 4.74 Å². The lowest BCUT2D eigenvalue weighted by molar-refractivity contribution is -0.119. The number of rotatable bonds is 7. The molecule has 9 nitrogen and oxygen atoms in total. The van der Waals surface area contributed by atoms with Gasteiger partial charge in [-0.1, -0.05) is 24.6 Å². The zero-order chi connectivity index (χ0) is 24.0. The van der Waals surface area contributed by atoms with Gasteiger partial charge in [-0.2, -0.15) is 4.31 Å². The van der Waals surface area contributed by atoms with Crippen molar-refractivity contribution >= 4 is 33.6 Å². The van der Waals surface area contributed by atoms with Crippen LogP contribution in [0.4, 0.5) is 5.69 Å². The van der Waals surface area contributed by atoms with Crippen molar-refractivity contribution < 1.29 is 32.3 Å². The molecule has 1 heterocycles. The number of anilines is 1. The number of ether oxygens (including phenoxy) is 2. The summed E-state index contributed by atoms with van der Waals surface area (Å²) in [5.41, 5.74) is 0.965. The number of sulfonamides is 1. The highest BCUT2D eigenvalue weighted by Crippen LogP contribution is 2.23. The number of nitrogens with zero attached hydrogens (tertiary/aromatic N) is 1. The van der Waals surface area contributed by atoms with Crippen molar-refractivity contribution in [3.05, 3.63) is 59.2 Å². The average molecular weight is 475 g/mol. The zero-order valence-corrected chi connectivity index (χ0v) is 19.3. The number of para-hydroxylation sites is 1. The topological polar surface area (TPSA) is 119 Å². The molecule has 0 aliphatic carbocycles. The molecule has 1 aliphatic heterocycles. The monoisotopic (exact) mass is 474 g/mol. The maximum atomic E-state index is 12.9. The average Bonchev–Trinajstić information content (AvgIpc) is 2.83. The van der Waals surface area contributed by atoms with Crippen LogP contribution in [0, 0.1) is 6.92 Å². The van der Waals surface area contributed by atoms with Crippen LogP contribution in [-0.2, 0) is 24.3 Å². The van der Waals surface area contributed by atoms with Gasteiger partial charge < -0.3 is 14.8 Å². The molecule has 33 heavy (non-hydrogen) atoms. The summed E-state index contributed by atoms with van der Waals surface area (Å²) in [7, 11) is -2.49. The Morgan fingerprint density at radius 2 is 1.67 bits per heavy atom. The number of nitrogens with one attached hydrogen (secondary N) is 1. The first kappa shape index (κ1) is 24.4. The first-order valence-corrected chi connectivity index (χ1v) is 11.9. The van der Waals surface area contributed by atoms with E-state index in [1.54, 1.807) is 25.1 Å². The maximum absolute atomic E-state index is 12.9. The first-order valence-electron chi connectivity index (χ1n) is 10.5. The Bertz CT molecular complexity index is 1160. The number of hydrogen-bond donors (Lipinski definition) is 1. The Hall–Kier alpha value is -3.24. The Labute approximate surface area is 192 Å². The molecule has 0 unspecified atom stereocenters. The van der Waals surface area contributed by atoms with Gasteiger partial charge in [0, 0.05) is 13.1 Å². The number of piperidine rings is 1. The molecular formula is C23H26N2O7S. The third-order valence-corrected chi connectivity index (χ3v) is 7.22. The van der Waals surface area contributed by atoms with Gasteiger partial charge in [-0.25, -0.2) is 18.0 Å². The number of carbonyl (C=O) groups excluding carboxylic acids is 3. The van der Waals surface area contributed by atoms with Gasteiger partial charge in [-0.15, -0.1) is 0 Å². The molecule has 0 atom stereocenters. The molecule has 0 aromatic heterocycles. The van der Waals surface area contributed by atoms with E-state index in [9.17, 15) is 22.8 Å². The Kier molecular flexibility index (Phi) is 7.83. The van der Waals surface area contributed by atoms with E-state index in [-0.39, 0.29) is 21.7 Å². The van der Waals surface area contributed by atoms with Crippen LogP contribution < -0.4 is 5.32 Å². The maximum Gasteiger partial charge on any atom is 0.339 e. The summed E-state index contributed by atoms with van der Waals surface area (Å²) >= 11 is 0. The third kappa shape index (κ3) is 5.77. The van der Waals surface area contributed by atoms with E-state index in [0.29, 0.717) is 18.7 Å². The summed E-state index contributed by atoms with van der Waals surface area (Å²) in [4.78, 5) is 36.7. The smallest absolute Gasteiger partial charge is 0.339 e. The van der Waals surface area contributed by atoms with E-state index >= 15 is 0 Å². The molecule has 1 aliphatic rings. The summed E-state index contributed by atoms with van der Waals surface area (Å²) in [6.45, 7) is 1.93. The summed E-state index contributed by atoms with van der Waals surface area (Å²) in [5.74, 6) is -2.10. The fourth-order valence-corrected chi connectivity index (χ4v) is 5.05. The predicted molar refractivity (Wildman–Crippen MR) is 120 cm³/mol. The van der Waals surface area contributed by atoms with Crippen molar-refractivity contribution in [3.63, 3.8) is 0 Å². The largest absolute Gasteiger partial charge is 0.465 e. The van der Waals surface area contributed by atoms with E-state index in [1.807, 2.05) is 0 Å². The second-order valence-corrected chi connectivity index (χ2v) is 9.54. The Morgan fingerprint density at radius 1 is 0.970 bits per heavy atom. The van der Waals surface area contributed by atoms with Crippen LogP contribution in [0.2, 0.25) is 0 Å². The van der Waals surface area contributed by atoms with Crippen LogP contribution in [0.25, 0.3) is 0 Å². The summed E-state index contributed by atoms with van der Waals surface area (Å²) in [6.07, 6.45) is 2.59. The standard InChI is InChI=1S/C23H26N2O7S/c1-16-10-11-17(33(29,30)25-12-6-3-7-13-25)14-19(16)23(28)32-15-21(26)24-20-9-5-4-8-18(20)22(27)31-2/h4-5,8-11,14H,3,6-7,12-13,15H2,1-2H3,(H,24,26). The van der Waals surface area contributed by atoms with Gasteiger partial charge in [-0.05, 0) is 49.6 Å². The van der Waals surface area contributed by atoms with Crippen LogP contribution in [0.1, 0.15) is 45.5 Å². The lowest BCUT2D eigenvalue weighted by Gasteiger charge is -2.26. The minimum atomic E-state index is -3.72. The minimum absolute atomic E-state index is 0.0124. The SMILES string of the molecule is COC(=O)c1ccccc1NC(=O)COC(=O)c1cc(S(=O)(=O)N2CCCCC2)ccc1C. The van der Waals surface area contributed by atoms with E-state index in [0.717, 1.165) is 19.3 Å². The first-order chi connectivity index (χ1) is 15.7. The quantitative estimate of drug-likeness (QED) is 0.613. The Balaban J connectivity index is 1.69. The van der Waals surface area contributed by atoms with Gasteiger partial charge in [0.2, 0.25) is 10.0 Å². The number of methoxy groups -OCH3 is 1. The summed E-state index contributed by atoms with van der Waals surface area (Å²) in [5, 5.41) is 2.51. The van der Waals surface area contributed by atoms with Gasteiger partial charge in [0.05, 0.1) is 28.8 Å². The second kappa shape index (κ2) is 10.6. The van der Waals surface area contributed by atoms with Gasteiger partial charge in [0.1, 0.15) is 0 Å². The lowest BCUT2D eigenvalue weighted by atomic mass is 10.1. The number of amides is 1. The summed E-state index contributed by atoms with van der Waals surface area (Å²) in [6, 6.07) is 10.6. The van der Waals surface area contributed by atoms with Gasteiger partial charge in [0.25, 0.3) is 5.91 Å². The molecular weight excluding hydrogens is 448 g/mol. The normalized spacial score (nSPS) is 14.4. The van der Waals surface area contributed by atoms with Crippen molar-refractivity contribution in [2.24, 2.45) is 0 Å². The fourth-order valence-electron chi connectivity index (χ4n) is 3.51.